The minimum Gasteiger partial charge on any atom is -0.367 e. The molecule has 3 aromatic rings. The third kappa shape index (κ3) is 3.87. The highest BCUT2D eigenvalue weighted by molar-refractivity contribution is 5.91. The van der Waals surface area contributed by atoms with Crippen LogP contribution in [-0.4, -0.2) is 31.4 Å². The number of nitrogens with zero attached hydrogens (tertiary/aromatic N) is 3. The standard InChI is InChI=1S/C19H20F3N7/c20-19(21,22)12-4-5-16(26-9-12)28-13-3-1-2-11(8-13)17(24)29-14-6-7-25-18(14)27-10-15(29)23/h4-7,9-11,13,23-25H,1-3,8H2,(H,26,28)/t11-,13+/m0/s1. The number of aromatic nitrogens is 4. The highest BCUT2D eigenvalue weighted by Crippen LogP contribution is 2.30. The van der Waals surface area contributed by atoms with E-state index in [1.54, 1.807) is 16.8 Å². The molecule has 3 heterocycles. The molecule has 2 atom stereocenters. The van der Waals surface area contributed by atoms with Crippen LogP contribution in [0, 0.1) is 16.7 Å². The zero-order chi connectivity index (χ0) is 20.6. The van der Waals surface area contributed by atoms with Crippen LogP contribution in [0.1, 0.15) is 31.2 Å². The minimum absolute atomic E-state index is 0.00308. The van der Waals surface area contributed by atoms with Gasteiger partial charge in [0.05, 0.1) is 17.3 Å². The summed E-state index contributed by atoms with van der Waals surface area (Å²) in [5.74, 6) is 0.639. The summed E-state index contributed by atoms with van der Waals surface area (Å²) in [6.07, 6.45) is 2.74. The molecule has 0 saturated heterocycles. The normalized spacial score (nSPS) is 20.0. The molecule has 1 aliphatic carbocycles. The van der Waals surface area contributed by atoms with Gasteiger partial charge >= 0.3 is 6.18 Å². The van der Waals surface area contributed by atoms with Crippen LogP contribution in [0.15, 0.2) is 36.8 Å². The Balaban J connectivity index is 1.49. The average molecular weight is 403 g/mol. The van der Waals surface area contributed by atoms with Gasteiger partial charge in [-0.25, -0.2) is 9.97 Å². The van der Waals surface area contributed by atoms with Crippen LogP contribution in [0.3, 0.4) is 0 Å². The molecule has 0 amide bonds. The van der Waals surface area contributed by atoms with E-state index in [4.69, 9.17) is 10.8 Å². The van der Waals surface area contributed by atoms with Gasteiger partial charge in [-0.2, -0.15) is 13.2 Å². The molecule has 0 unspecified atom stereocenters. The molecule has 1 fully saturated rings. The quantitative estimate of drug-likeness (QED) is 0.395. The van der Waals surface area contributed by atoms with Crippen molar-refractivity contribution in [3.8, 4) is 0 Å². The van der Waals surface area contributed by atoms with Gasteiger partial charge in [-0.05, 0) is 37.5 Å². The summed E-state index contributed by atoms with van der Waals surface area (Å²) < 4.78 is 39.7. The van der Waals surface area contributed by atoms with Crippen LogP contribution in [0.4, 0.5) is 19.0 Å². The van der Waals surface area contributed by atoms with Crippen molar-refractivity contribution in [3.63, 3.8) is 0 Å². The molecule has 4 N–H and O–H groups in total. The Morgan fingerprint density at radius 3 is 2.72 bits per heavy atom. The molecule has 7 nitrogen and oxygen atoms in total. The van der Waals surface area contributed by atoms with E-state index in [2.05, 4.69) is 20.3 Å². The fourth-order valence-corrected chi connectivity index (χ4v) is 3.82. The fourth-order valence-electron chi connectivity index (χ4n) is 3.82. The molecule has 3 aromatic heterocycles. The lowest BCUT2D eigenvalue weighted by Crippen LogP contribution is -2.37. The number of rotatable bonds is 3. The van der Waals surface area contributed by atoms with Gasteiger partial charge in [0, 0.05) is 24.4 Å². The van der Waals surface area contributed by atoms with Crippen molar-refractivity contribution >= 4 is 22.8 Å². The van der Waals surface area contributed by atoms with Gasteiger partial charge in [0.25, 0.3) is 0 Å². The van der Waals surface area contributed by atoms with Gasteiger partial charge in [0.2, 0.25) is 0 Å². The summed E-state index contributed by atoms with van der Waals surface area (Å²) in [6, 6.07) is 4.14. The van der Waals surface area contributed by atoms with E-state index in [1.165, 1.54) is 12.3 Å². The molecular formula is C19H20F3N7. The largest absolute Gasteiger partial charge is 0.417 e. The van der Waals surface area contributed by atoms with E-state index in [0.717, 1.165) is 31.5 Å². The van der Waals surface area contributed by atoms with Crippen molar-refractivity contribution in [1.82, 2.24) is 19.5 Å². The average Bonchev–Trinajstić information content (AvgIpc) is 3.16. The van der Waals surface area contributed by atoms with Crippen LogP contribution < -0.4 is 10.8 Å². The number of nitrogens with one attached hydrogen (secondary N) is 4. The monoisotopic (exact) mass is 403 g/mol. The molecule has 4 rings (SSSR count). The van der Waals surface area contributed by atoms with Gasteiger partial charge in [0.15, 0.2) is 5.65 Å². The Labute approximate surface area is 164 Å². The molecule has 0 radical (unpaired) electrons. The van der Waals surface area contributed by atoms with Crippen molar-refractivity contribution in [2.75, 3.05) is 5.32 Å². The molecular weight excluding hydrogens is 383 g/mol. The fraction of sp³-hybridized carbons (Fsp3) is 0.368. The topological polar surface area (TPSA) is 106 Å². The van der Waals surface area contributed by atoms with Crippen molar-refractivity contribution in [2.24, 2.45) is 5.92 Å². The van der Waals surface area contributed by atoms with Crippen LogP contribution in [0.5, 0.6) is 0 Å². The molecule has 1 aliphatic rings. The number of anilines is 1. The molecule has 0 spiro atoms. The van der Waals surface area contributed by atoms with Gasteiger partial charge in [-0.3, -0.25) is 15.4 Å². The lowest BCUT2D eigenvalue weighted by molar-refractivity contribution is -0.137. The summed E-state index contributed by atoms with van der Waals surface area (Å²) in [5.41, 5.74) is 0.660. The predicted octanol–water partition coefficient (Wildman–Crippen LogP) is 3.75. The lowest BCUT2D eigenvalue weighted by atomic mass is 9.84. The first-order chi connectivity index (χ1) is 13.8. The number of alkyl halides is 3. The van der Waals surface area contributed by atoms with Crippen molar-refractivity contribution in [3.05, 3.63) is 47.8 Å². The Hall–Kier alpha value is -3.17. The maximum atomic E-state index is 12.7. The van der Waals surface area contributed by atoms with Crippen LogP contribution >= 0.6 is 0 Å². The molecule has 10 heteroatoms. The van der Waals surface area contributed by atoms with Crippen molar-refractivity contribution < 1.29 is 13.2 Å². The van der Waals surface area contributed by atoms with Crippen molar-refractivity contribution in [1.29, 1.82) is 10.8 Å². The summed E-state index contributed by atoms with van der Waals surface area (Å²) in [4.78, 5) is 11.0. The van der Waals surface area contributed by atoms with Crippen LogP contribution in [-0.2, 0) is 6.18 Å². The van der Waals surface area contributed by atoms with E-state index in [-0.39, 0.29) is 17.4 Å². The maximum absolute atomic E-state index is 12.7. The van der Waals surface area contributed by atoms with E-state index in [9.17, 15) is 13.2 Å². The van der Waals surface area contributed by atoms with E-state index in [1.807, 2.05) is 0 Å². The van der Waals surface area contributed by atoms with E-state index >= 15 is 0 Å². The second-order valence-electron chi connectivity index (χ2n) is 7.21. The summed E-state index contributed by atoms with van der Waals surface area (Å²) in [6.45, 7) is 0. The van der Waals surface area contributed by atoms with Gasteiger partial charge in [-0.1, -0.05) is 6.42 Å². The first kappa shape index (κ1) is 19.2. The Kier molecular flexibility index (Phi) is 4.85. The second kappa shape index (κ2) is 7.34. The van der Waals surface area contributed by atoms with E-state index in [0.29, 0.717) is 29.2 Å². The predicted molar refractivity (Wildman–Crippen MR) is 102 cm³/mol. The molecule has 0 bridgehead atoms. The Morgan fingerprint density at radius 2 is 2.00 bits per heavy atom. The molecule has 1 saturated carbocycles. The van der Waals surface area contributed by atoms with Crippen molar-refractivity contribution in [2.45, 2.75) is 37.9 Å². The number of pyridine rings is 1. The molecule has 0 aromatic carbocycles. The van der Waals surface area contributed by atoms with Gasteiger partial charge < -0.3 is 10.3 Å². The summed E-state index contributed by atoms with van der Waals surface area (Å²) in [7, 11) is 0. The second-order valence-corrected chi connectivity index (χ2v) is 7.21. The van der Waals surface area contributed by atoms with E-state index < -0.39 is 11.7 Å². The Morgan fingerprint density at radius 1 is 1.17 bits per heavy atom. The van der Waals surface area contributed by atoms with Gasteiger partial charge in [0.1, 0.15) is 17.1 Å². The summed E-state index contributed by atoms with van der Waals surface area (Å²) >= 11 is 0. The number of aromatic amines is 1. The first-order valence-electron chi connectivity index (χ1n) is 9.31. The third-order valence-corrected chi connectivity index (χ3v) is 5.25. The number of halogens is 3. The smallest absolute Gasteiger partial charge is 0.367 e. The zero-order valence-corrected chi connectivity index (χ0v) is 15.4. The highest BCUT2D eigenvalue weighted by atomic mass is 19.4. The Bertz CT molecular complexity index is 1080. The zero-order valence-electron chi connectivity index (χ0n) is 15.4. The first-order valence-corrected chi connectivity index (χ1v) is 9.31. The number of fused-ring (bicyclic) bond motifs is 1. The molecule has 29 heavy (non-hydrogen) atoms. The number of hydrogen-bond acceptors (Lipinski definition) is 5. The van der Waals surface area contributed by atoms with Gasteiger partial charge in [-0.15, -0.1) is 0 Å². The maximum Gasteiger partial charge on any atom is 0.417 e. The SMILES string of the molecule is N=C([C@H]1CCC[C@@H](Nc2ccc(C(F)(F)F)cn2)C1)n1c(=N)cnc2[nH]ccc21. The minimum atomic E-state index is -4.41. The highest BCUT2D eigenvalue weighted by Gasteiger charge is 2.31. The van der Waals surface area contributed by atoms with Crippen LogP contribution in [0.2, 0.25) is 0 Å². The summed E-state index contributed by atoms with van der Waals surface area (Å²) in [5, 5.41) is 20.0. The number of H-pyrrole nitrogens is 1. The lowest BCUT2D eigenvalue weighted by Gasteiger charge is -2.31. The third-order valence-electron chi connectivity index (χ3n) is 5.25. The van der Waals surface area contributed by atoms with Crippen LogP contribution in [0.25, 0.3) is 11.2 Å². The molecule has 152 valence electrons. The number of hydrogen-bond donors (Lipinski definition) is 4. The molecule has 0 aliphatic heterocycles.